The zero-order valence-electron chi connectivity index (χ0n) is 6.31. The van der Waals surface area contributed by atoms with Crippen LogP contribution in [0.15, 0.2) is 0 Å². The van der Waals surface area contributed by atoms with E-state index in [-0.39, 0.29) is 0 Å². The van der Waals surface area contributed by atoms with Crippen molar-refractivity contribution < 1.29 is 4.79 Å². The Hall–Kier alpha value is -0.370. The van der Waals surface area contributed by atoms with Crippen LogP contribution in [0.4, 0.5) is 0 Å². The third-order valence-electron chi connectivity index (χ3n) is 2.04. The topological polar surface area (TPSA) is 29.1 Å². The molecule has 2 nitrogen and oxygen atoms in total. The summed E-state index contributed by atoms with van der Waals surface area (Å²) in [6.45, 7) is 1.10. The van der Waals surface area contributed by atoms with Gasteiger partial charge in [-0.1, -0.05) is 12.8 Å². The second-order valence-electron chi connectivity index (χ2n) is 2.90. The number of rotatable bonds is 2. The maximum absolute atomic E-state index is 10.1. The van der Waals surface area contributed by atoms with E-state index >= 15 is 0 Å². The molecule has 0 saturated carbocycles. The molecule has 1 N–H and O–H groups in total. The predicted molar refractivity (Wildman–Crippen MR) is 40.9 cm³/mol. The lowest BCUT2D eigenvalue weighted by molar-refractivity contribution is -0.108. The van der Waals surface area contributed by atoms with Gasteiger partial charge in [-0.25, -0.2) is 0 Å². The van der Waals surface area contributed by atoms with Crippen LogP contribution in [0, 0.1) is 0 Å². The van der Waals surface area contributed by atoms with Gasteiger partial charge in [0.2, 0.25) is 0 Å². The van der Waals surface area contributed by atoms with Gasteiger partial charge >= 0.3 is 0 Å². The number of carbonyl (C=O) groups is 1. The Morgan fingerprint density at radius 1 is 1.40 bits per heavy atom. The molecule has 0 aromatic rings. The fourth-order valence-corrected chi connectivity index (χ4v) is 1.42. The van der Waals surface area contributed by atoms with Crippen molar-refractivity contribution in [2.24, 2.45) is 0 Å². The highest BCUT2D eigenvalue weighted by atomic mass is 16.1. The fourth-order valence-electron chi connectivity index (χ4n) is 1.42. The first-order valence-electron chi connectivity index (χ1n) is 4.10. The Balaban J connectivity index is 2.21. The van der Waals surface area contributed by atoms with Crippen molar-refractivity contribution in [3.05, 3.63) is 0 Å². The molecule has 0 radical (unpaired) electrons. The number of carbonyl (C=O) groups excluding carboxylic acids is 1. The first-order chi connectivity index (χ1) is 4.93. The molecule has 1 saturated heterocycles. The summed E-state index contributed by atoms with van der Waals surface area (Å²) >= 11 is 0. The lowest BCUT2D eigenvalue weighted by Gasteiger charge is -2.10. The Morgan fingerprint density at radius 3 is 3.10 bits per heavy atom. The largest absolute Gasteiger partial charge is 0.314 e. The van der Waals surface area contributed by atoms with Gasteiger partial charge in [0, 0.05) is 12.5 Å². The SMILES string of the molecule is O=CCC1CCCCCN1. The monoisotopic (exact) mass is 141 g/mol. The van der Waals surface area contributed by atoms with Gasteiger partial charge in [-0.15, -0.1) is 0 Å². The van der Waals surface area contributed by atoms with Gasteiger partial charge in [0.15, 0.2) is 0 Å². The van der Waals surface area contributed by atoms with E-state index in [0.717, 1.165) is 12.8 Å². The standard InChI is InChI=1S/C8H15NO/c10-7-5-8-4-2-1-3-6-9-8/h7-9H,1-6H2. The van der Waals surface area contributed by atoms with Crippen LogP contribution in [0.2, 0.25) is 0 Å². The highest BCUT2D eigenvalue weighted by Crippen LogP contribution is 2.09. The van der Waals surface area contributed by atoms with Crippen molar-refractivity contribution in [2.45, 2.75) is 38.1 Å². The van der Waals surface area contributed by atoms with Crippen LogP contribution in [0.25, 0.3) is 0 Å². The van der Waals surface area contributed by atoms with Gasteiger partial charge in [0.05, 0.1) is 0 Å². The fraction of sp³-hybridized carbons (Fsp3) is 0.875. The summed E-state index contributed by atoms with van der Waals surface area (Å²) in [5, 5.41) is 3.35. The Kier molecular flexibility index (Phi) is 3.44. The normalized spacial score (nSPS) is 27.4. The molecule has 0 bridgehead atoms. The van der Waals surface area contributed by atoms with E-state index < -0.39 is 0 Å². The molecule has 1 aliphatic rings. The Labute approximate surface area is 62.0 Å². The minimum absolute atomic E-state index is 0.472. The second kappa shape index (κ2) is 4.45. The first kappa shape index (κ1) is 7.73. The highest BCUT2D eigenvalue weighted by molar-refractivity contribution is 5.50. The summed E-state index contributed by atoms with van der Waals surface area (Å²) in [5.41, 5.74) is 0. The predicted octanol–water partition coefficient (Wildman–Crippen LogP) is 1.11. The molecule has 0 aliphatic carbocycles. The van der Waals surface area contributed by atoms with E-state index in [1.165, 1.54) is 25.7 Å². The zero-order valence-corrected chi connectivity index (χ0v) is 6.31. The number of nitrogens with one attached hydrogen (secondary N) is 1. The van der Waals surface area contributed by atoms with E-state index in [1.54, 1.807) is 0 Å². The molecule has 58 valence electrons. The lowest BCUT2D eigenvalue weighted by atomic mass is 10.1. The van der Waals surface area contributed by atoms with Crippen LogP contribution in [-0.4, -0.2) is 18.9 Å². The molecule has 2 heteroatoms. The molecule has 1 fully saturated rings. The van der Waals surface area contributed by atoms with E-state index in [0.29, 0.717) is 12.5 Å². The van der Waals surface area contributed by atoms with Gasteiger partial charge in [-0.2, -0.15) is 0 Å². The molecular weight excluding hydrogens is 126 g/mol. The Morgan fingerprint density at radius 2 is 2.30 bits per heavy atom. The molecule has 1 heterocycles. The minimum atomic E-state index is 0.472. The Bertz CT molecular complexity index is 95.4. The van der Waals surface area contributed by atoms with Crippen molar-refractivity contribution >= 4 is 6.29 Å². The number of hydrogen-bond acceptors (Lipinski definition) is 2. The average Bonchev–Trinajstić information content (AvgIpc) is 2.17. The molecule has 0 spiro atoms. The van der Waals surface area contributed by atoms with Crippen LogP contribution < -0.4 is 5.32 Å². The summed E-state index contributed by atoms with van der Waals surface area (Å²) < 4.78 is 0. The number of hydrogen-bond donors (Lipinski definition) is 1. The molecule has 0 amide bonds. The maximum Gasteiger partial charge on any atom is 0.121 e. The highest BCUT2D eigenvalue weighted by Gasteiger charge is 2.09. The minimum Gasteiger partial charge on any atom is -0.314 e. The van der Waals surface area contributed by atoms with Gasteiger partial charge in [-0.3, -0.25) is 0 Å². The molecule has 1 aliphatic heterocycles. The molecule has 1 rings (SSSR count). The van der Waals surface area contributed by atoms with Gasteiger partial charge < -0.3 is 10.1 Å². The first-order valence-corrected chi connectivity index (χ1v) is 4.10. The van der Waals surface area contributed by atoms with Crippen LogP contribution >= 0.6 is 0 Å². The van der Waals surface area contributed by atoms with E-state index in [2.05, 4.69) is 5.32 Å². The summed E-state index contributed by atoms with van der Waals surface area (Å²) in [5.74, 6) is 0. The lowest BCUT2D eigenvalue weighted by Crippen LogP contribution is -2.28. The molecule has 10 heavy (non-hydrogen) atoms. The zero-order chi connectivity index (χ0) is 7.23. The second-order valence-corrected chi connectivity index (χ2v) is 2.90. The summed E-state index contributed by atoms with van der Waals surface area (Å²) in [6.07, 6.45) is 6.77. The van der Waals surface area contributed by atoms with E-state index in [9.17, 15) is 4.79 Å². The third kappa shape index (κ3) is 2.48. The summed E-state index contributed by atoms with van der Waals surface area (Å²) in [4.78, 5) is 10.1. The molecular formula is C8H15NO. The maximum atomic E-state index is 10.1. The summed E-state index contributed by atoms with van der Waals surface area (Å²) in [6, 6.07) is 0.472. The van der Waals surface area contributed by atoms with Gasteiger partial charge in [-0.05, 0) is 19.4 Å². The van der Waals surface area contributed by atoms with Crippen LogP contribution in [-0.2, 0) is 4.79 Å². The van der Waals surface area contributed by atoms with Crippen LogP contribution in [0.3, 0.4) is 0 Å². The van der Waals surface area contributed by atoms with Crippen LogP contribution in [0.1, 0.15) is 32.1 Å². The molecule has 1 atom stereocenters. The van der Waals surface area contributed by atoms with Gasteiger partial charge in [0.25, 0.3) is 0 Å². The molecule has 1 unspecified atom stereocenters. The van der Waals surface area contributed by atoms with E-state index in [4.69, 9.17) is 0 Å². The molecule has 0 aromatic heterocycles. The van der Waals surface area contributed by atoms with Gasteiger partial charge in [0.1, 0.15) is 6.29 Å². The van der Waals surface area contributed by atoms with Crippen molar-refractivity contribution in [1.29, 1.82) is 0 Å². The molecule has 0 aromatic carbocycles. The quantitative estimate of drug-likeness (QED) is 0.584. The van der Waals surface area contributed by atoms with Crippen LogP contribution in [0.5, 0.6) is 0 Å². The van der Waals surface area contributed by atoms with Crippen molar-refractivity contribution in [1.82, 2.24) is 5.32 Å². The smallest absolute Gasteiger partial charge is 0.121 e. The summed E-state index contributed by atoms with van der Waals surface area (Å²) in [7, 11) is 0. The third-order valence-corrected chi connectivity index (χ3v) is 2.04. The van der Waals surface area contributed by atoms with Crippen molar-refractivity contribution in [3.63, 3.8) is 0 Å². The van der Waals surface area contributed by atoms with E-state index in [1.807, 2.05) is 0 Å². The number of aldehydes is 1. The van der Waals surface area contributed by atoms with Crippen molar-refractivity contribution in [2.75, 3.05) is 6.54 Å². The van der Waals surface area contributed by atoms with Crippen molar-refractivity contribution in [3.8, 4) is 0 Å². The average molecular weight is 141 g/mol.